The fourth-order valence-corrected chi connectivity index (χ4v) is 2.61. The second-order valence-corrected chi connectivity index (χ2v) is 6.04. The normalized spacial score (nSPS) is 10.3. The van der Waals surface area contributed by atoms with Gasteiger partial charge in [-0.2, -0.15) is 0 Å². The van der Waals surface area contributed by atoms with Crippen molar-refractivity contribution in [3.8, 4) is 5.75 Å². The summed E-state index contributed by atoms with van der Waals surface area (Å²) in [6.45, 7) is -0.0438. The lowest BCUT2D eigenvalue weighted by Gasteiger charge is -2.07. The fraction of sp³-hybridized carbons (Fsp3) is 0.0714. The Balaban J connectivity index is 2.04. The van der Waals surface area contributed by atoms with Crippen LogP contribution in [0.5, 0.6) is 5.75 Å². The molecule has 0 saturated carbocycles. The molecule has 0 bridgehead atoms. The molecule has 0 radical (unpaired) electrons. The Morgan fingerprint density at radius 3 is 2.53 bits per heavy atom. The zero-order chi connectivity index (χ0) is 13.8. The first kappa shape index (κ1) is 14.6. The topological polar surface area (TPSA) is 26.3 Å². The molecule has 0 aliphatic heterocycles. The summed E-state index contributed by atoms with van der Waals surface area (Å²) >= 11 is 12.6. The molecular formula is C14H9Br2ClO2. The molecule has 0 amide bonds. The van der Waals surface area contributed by atoms with Gasteiger partial charge in [0.05, 0.1) is 5.02 Å². The first-order valence-corrected chi connectivity index (χ1v) is 7.39. The van der Waals surface area contributed by atoms with Crippen LogP contribution < -0.4 is 4.74 Å². The Morgan fingerprint density at radius 2 is 1.84 bits per heavy atom. The van der Waals surface area contributed by atoms with Gasteiger partial charge < -0.3 is 4.74 Å². The van der Waals surface area contributed by atoms with Gasteiger partial charge in [-0.1, -0.05) is 55.6 Å². The number of halogens is 3. The summed E-state index contributed by atoms with van der Waals surface area (Å²) in [6, 6.07) is 12.4. The summed E-state index contributed by atoms with van der Waals surface area (Å²) in [5, 5.41) is 0.469. The van der Waals surface area contributed by atoms with Gasteiger partial charge in [0.2, 0.25) is 0 Å². The number of ether oxygens (including phenoxy) is 1. The van der Waals surface area contributed by atoms with Crippen LogP contribution in [0.3, 0.4) is 0 Å². The summed E-state index contributed by atoms with van der Waals surface area (Å²) in [5.74, 6) is 0.397. The molecule has 0 fully saturated rings. The predicted octanol–water partition coefficient (Wildman–Crippen LogP) is 5.13. The standard InChI is InChI=1S/C14H9Br2ClO2/c15-10-3-1-2-9(6-10)13(18)8-19-14-5-4-11(16)7-12(14)17/h1-7H,8H2. The van der Waals surface area contributed by atoms with Gasteiger partial charge in [-0.3, -0.25) is 4.79 Å². The Hall–Kier alpha value is -0.840. The lowest BCUT2D eigenvalue weighted by molar-refractivity contribution is 0.0921. The van der Waals surface area contributed by atoms with Crippen molar-refractivity contribution in [2.45, 2.75) is 0 Å². The first-order chi connectivity index (χ1) is 9.06. The van der Waals surface area contributed by atoms with E-state index in [1.54, 1.807) is 24.3 Å². The minimum atomic E-state index is -0.0970. The molecule has 0 aromatic heterocycles. The quantitative estimate of drug-likeness (QED) is 0.661. The summed E-state index contributed by atoms with van der Waals surface area (Å²) in [4.78, 5) is 12.0. The van der Waals surface area contributed by atoms with E-state index in [0.717, 1.165) is 8.95 Å². The summed E-state index contributed by atoms with van der Waals surface area (Å²) in [5.41, 5.74) is 0.600. The molecule has 0 aliphatic rings. The molecule has 2 aromatic rings. The zero-order valence-corrected chi connectivity index (χ0v) is 13.6. The Bertz CT molecular complexity index is 614. The largest absolute Gasteiger partial charge is 0.484 e. The smallest absolute Gasteiger partial charge is 0.200 e. The maximum Gasteiger partial charge on any atom is 0.200 e. The third kappa shape index (κ3) is 4.06. The lowest BCUT2D eigenvalue weighted by atomic mass is 10.1. The van der Waals surface area contributed by atoms with Crippen LogP contribution >= 0.6 is 43.5 Å². The second-order valence-electron chi connectivity index (χ2n) is 3.80. The number of rotatable bonds is 4. The minimum absolute atomic E-state index is 0.0438. The summed E-state index contributed by atoms with van der Waals surface area (Å²) in [6.07, 6.45) is 0. The van der Waals surface area contributed by atoms with E-state index in [-0.39, 0.29) is 12.4 Å². The number of carbonyl (C=O) groups is 1. The Labute approximate surface area is 133 Å². The van der Waals surface area contributed by atoms with Gasteiger partial charge in [-0.05, 0) is 30.3 Å². The minimum Gasteiger partial charge on any atom is -0.484 e. The zero-order valence-electron chi connectivity index (χ0n) is 9.70. The average molecular weight is 404 g/mol. The van der Waals surface area contributed by atoms with E-state index in [0.29, 0.717) is 16.3 Å². The van der Waals surface area contributed by atoms with Crippen molar-refractivity contribution < 1.29 is 9.53 Å². The number of benzene rings is 2. The van der Waals surface area contributed by atoms with Crippen molar-refractivity contribution in [1.82, 2.24) is 0 Å². The van der Waals surface area contributed by atoms with E-state index < -0.39 is 0 Å². The van der Waals surface area contributed by atoms with Crippen molar-refractivity contribution in [2.24, 2.45) is 0 Å². The van der Waals surface area contributed by atoms with Gasteiger partial charge in [0.1, 0.15) is 5.75 Å². The van der Waals surface area contributed by atoms with E-state index in [9.17, 15) is 4.79 Å². The number of ketones is 1. The molecule has 0 spiro atoms. The number of Topliss-reactive ketones (excluding diaryl/α,β-unsaturated/α-hetero) is 1. The molecule has 19 heavy (non-hydrogen) atoms. The molecule has 5 heteroatoms. The van der Waals surface area contributed by atoms with Crippen molar-refractivity contribution in [2.75, 3.05) is 6.61 Å². The van der Waals surface area contributed by atoms with E-state index >= 15 is 0 Å². The van der Waals surface area contributed by atoms with E-state index in [2.05, 4.69) is 31.9 Å². The van der Waals surface area contributed by atoms with E-state index in [1.165, 1.54) is 0 Å². The third-order valence-electron chi connectivity index (χ3n) is 2.40. The molecule has 0 N–H and O–H groups in total. The lowest BCUT2D eigenvalue weighted by Crippen LogP contribution is -2.11. The molecule has 0 saturated heterocycles. The van der Waals surface area contributed by atoms with Crippen molar-refractivity contribution in [3.63, 3.8) is 0 Å². The highest BCUT2D eigenvalue weighted by Gasteiger charge is 2.09. The molecule has 0 heterocycles. The van der Waals surface area contributed by atoms with Gasteiger partial charge in [0.25, 0.3) is 0 Å². The highest BCUT2D eigenvalue weighted by atomic mass is 79.9. The average Bonchev–Trinajstić information content (AvgIpc) is 2.37. The van der Waals surface area contributed by atoms with Crippen LogP contribution in [0, 0.1) is 0 Å². The molecule has 2 nitrogen and oxygen atoms in total. The van der Waals surface area contributed by atoms with Crippen LogP contribution in [-0.2, 0) is 0 Å². The van der Waals surface area contributed by atoms with Crippen LogP contribution in [0.1, 0.15) is 10.4 Å². The summed E-state index contributed by atoms with van der Waals surface area (Å²) < 4.78 is 7.16. The van der Waals surface area contributed by atoms with Gasteiger partial charge in [0, 0.05) is 14.5 Å². The Kier molecular flexibility index (Phi) is 5.02. The maximum atomic E-state index is 12.0. The van der Waals surface area contributed by atoms with Gasteiger partial charge in [-0.15, -0.1) is 0 Å². The predicted molar refractivity (Wildman–Crippen MR) is 83.1 cm³/mol. The molecule has 2 aromatic carbocycles. The van der Waals surface area contributed by atoms with Gasteiger partial charge in [0.15, 0.2) is 12.4 Å². The van der Waals surface area contributed by atoms with Gasteiger partial charge >= 0.3 is 0 Å². The van der Waals surface area contributed by atoms with Crippen molar-refractivity contribution in [1.29, 1.82) is 0 Å². The number of hydrogen-bond donors (Lipinski definition) is 0. The molecule has 98 valence electrons. The number of carbonyl (C=O) groups excluding carboxylic acids is 1. The van der Waals surface area contributed by atoms with E-state index in [4.69, 9.17) is 16.3 Å². The van der Waals surface area contributed by atoms with Crippen molar-refractivity contribution in [3.05, 3.63) is 62.0 Å². The summed E-state index contributed by atoms with van der Waals surface area (Å²) in [7, 11) is 0. The third-order valence-corrected chi connectivity index (χ3v) is 3.68. The van der Waals surface area contributed by atoms with Gasteiger partial charge in [-0.25, -0.2) is 0 Å². The molecule has 0 atom stereocenters. The first-order valence-electron chi connectivity index (χ1n) is 5.43. The molecular weight excluding hydrogens is 395 g/mol. The Morgan fingerprint density at radius 1 is 1.11 bits per heavy atom. The highest BCUT2D eigenvalue weighted by molar-refractivity contribution is 9.10. The van der Waals surface area contributed by atoms with Crippen LogP contribution in [-0.4, -0.2) is 12.4 Å². The van der Waals surface area contributed by atoms with Crippen LogP contribution in [0.15, 0.2) is 51.4 Å². The fourth-order valence-electron chi connectivity index (χ4n) is 1.48. The highest BCUT2D eigenvalue weighted by Crippen LogP contribution is 2.27. The molecule has 0 aliphatic carbocycles. The van der Waals surface area contributed by atoms with Crippen LogP contribution in [0.2, 0.25) is 5.02 Å². The molecule has 0 unspecified atom stereocenters. The monoisotopic (exact) mass is 402 g/mol. The second kappa shape index (κ2) is 6.55. The SMILES string of the molecule is O=C(COc1ccc(Br)cc1Cl)c1cccc(Br)c1. The van der Waals surface area contributed by atoms with Crippen molar-refractivity contribution >= 4 is 49.2 Å². The van der Waals surface area contributed by atoms with Crippen LogP contribution in [0.4, 0.5) is 0 Å². The maximum absolute atomic E-state index is 12.0. The van der Waals surface area contributed by atoms with E-state index in [1.807, 2.05) is 18.2 Å². The molecule has 2 rings (SSSR count). The van der Waals surface area contributed by atoms with Crippen LogP contribution in [0.25, 0.3) is 0 Å². The number of hydrogen-bond acceptors (Lipinski definition) is 2.